The first-order valence-corrected chi connectivity index (χ1v) is 8.66. The Labute approximate surface area is 150 Å². The highest BCUT2D eigenvalue weighted by molar-refractivity contribution is 5.69. The van der Waals surface area contributed by atoms with E-state index >= 15 is 0 Å². The summed E-state index contributed by atoms with van der Waals surface area (Å²) in [5.41, 5.74) is -2.53. The van der Waals surface area contributed by atoms with E-state index in [0.717, 1.165) is 25.1 Å². The standard InChI is InChI=1S/C18H23F3N2O3/c1-16(2,3)26-15(24)23-12-5-6-13(23)9-17(25,8-12)11-4-7-14(22-10-11)18(19,20)21/h4,7,10,12-13,25H,5-6,8-9H2,1-3H3. The van der Waals surface area contributed by atoms with E-state index in [1.54, 1.807) is 25.7 Å². The smallest absolute Gasteiger partial charge is 0.433 e. The van der Waals surface area contributed by atoms with E-state index in [-0.39, 0.29) is 24.9 Å². The minimum absolute atomic E-state index is 0.198. The van der Waals surface area contributed by atoms with Gasteiger partial charge in [0.2, 0.25) is 0 Å². The van der Waals surface area contributed by atoms with Crippen LogP contribution < -0.4 is 0 Å². The van der Waals surface area contributed by atoms with Gasteiger partial charge in [-0.2, -0.15) is 13.2 Å². The Morgan fingerprint density at radius 2 is 1.81 bits per heavy atom. The molecule has 1 aromatic rings. The highest BCUT2D eigenvalue weighted by atomic mass is 19.4. The molecule has 3 rings (SSSR count). The predicted octanol–water partition coefficient (Wildman–Crippen LogP) is 3.85. The summed E-state index contributed by atoms with van der Waals surface area (Å²) in [5, 5.41) is 11.0. The van der Waals surface area contributed by atoms with Crippen molar-refractivity contribution in [1.82, 2.24) is 9.88 Å². The maximum Gasteiger partial charge on any atom is 0.433 e. The maximum atomic E-state index is 12.7. The molecule has 0 saturated carbocycles. The number of pyridine rings is 1. The van der Waals surface area contributed by atoms with Crippen LogP contribution in [0.4, 0.5) is 18.0 Å². The predicted molar refractivity (Wildman–Crippen MR) is 87.3 cm³/mol. The fourth-order valence-electron chi connectivity index (χ4n) is 3.91. The van der Waals surface area contributed by atoms with Gasteiger partial charge in [-0.1, -0.05) is 6.07 Å². The van der Waals surface area contributed by atoms with Gasteiger partial charge in [0.25, 0.3) is 0 Å². The summed E-state index contributed by atoms with van der Waals surface area (Å²) in [4.78, 5) is 17.6. The summed E-state index contributed by atoms with van der Waals surface area (Å²) in [6.45, 7) is 5.38. The number of piperidine rings is 1. The van der Waals surface area contributed by atoms with E-state index in [9.17, 15) is 23.1 Å². The van der Waals surface area contributed by atoms with Crippen LogP contribution in [0.1, 0.15) is 57.7 Å². The first-order chi connectivity index (χ1) is 11.9. The molecule has 26 heavy (non-hydrogen) atoms. The maximum absolute atomic E-state index is 12.7. The third-order valence-corrected chi connectivity index (χ3v) is 4.96. The number of aliphatic hydroxyl groups is 1. The molecule has 8 heteroatoms. The number of aromatic nitrogens is 1. The number of rotatable bonds is 1. The molecule has 2 aliphatic heterocycles. The van der Waals surface area contributed by atoms with E-state index in [4.69, 9.17) is 4.74 Å². The summed E-state index contributed by atoms with van der Waals surface area (Å²) in [6.07, 6.45) is -1.84. The Kier molecular flexibility index (Phi) is 4.45. The van der Waals surface area contributed by atoms with Crippen LogP contribution in [-0.2, 0) is 16.5 Å². The Morgan fingerprint density at radius 1 is 1.23 bits per heavy atom. The highest BCUT2D eigenvalue weighted by Gasteiger charge is 2.51. The van der Waals surface area contributed by atoms with Crippen molar-refractivity contribution in [2.75, 3.05) is 0 Å². The van der Waals surface area contributed by atoms with Crippen molar-refractivity contribution in [3.8, 4) is 0 Å². The van der Waals surface area contributed by atoms with Gasteiger partial charge in [0.05, 0.1) is 5.60 Å². The largest absolute Gasteiger partial charge is 0.444 e. The first-order valence-electron chi connectivity index (χ1n) is 8.66. The molecule has 2 aliphatic rings. The zero-order valence-corrected chi connectivity index (χ0v) is 15.0. The minimum atomic E-state index is -4.51. The highest BCUT2D eigenvalue weighted by Crippen LogP contribution is 2.46. The second-order valence-corrected chi connectivity index (χ2v) is 8.14. The van der Waals surface area contributed by atoms with Crippen LogP contribution in [0, 0.1) is 0 Å². The molecule has 1 N–H and O–H groups in total. The number of carbonyl (C=O) groups excluding carboxylic acids is 1. The second-order valence-electron chi connectivity index (χ2n) is 8.14. The third kappa shape index (κ3) is 3.65. The molecule has 2 bridgehead atoms. The second kappa shape index (κ2) is 6.11. The summed E-state index contributed by atoms with van der Waals surface area (Å²) in [6, 6.07) is 1.76. The molecule has 2 saturated heterocycles. The number of hydrogen-bond acceptors (Lipinski definition) is 4. The average molecular weight is 372 g/mol. The van der Waals surface area contributed by atoms with Crippen LogP contribution >= 0.6 is 0 Å². The number of carbonyl (C=O) groups is 1. The Bertz CT molecular complexity index is 668. The fourth-order valence-corrected chi connectivity index (χ4v) is 3.91. The zero-order chi connectivity index (χ0) is 19.3. The van der Waals surface area contributed by atoms with Crippen molar-refractivity contribution in [3.63, 3.8) is 0 Å². The van der Waals surface area contributed by atoms with Crippen molar-refractivity contribution in [1.29, 1.82) is 0 Å². The van der Waals surface area contributed by atoms with Gasteiger partial charge in [-0.15, -0.1) is 0 Å². The van der Waals surface area contributed by atoms with Gasteiger partial charge in [-0.25, -0.2) is 4.79 Å². The molecule has 0 aliphatic carbocycles. The van der Waals surface area contributed by atoms with Crippen molar-refractivity contribution >= 4 is 6.09 Å². The molecule has 1 aromatic heterocycles. The lowest BCUT2D eigenvalue weighted by Gasteiger charge is -2.44. The summed E-state index contributed by atoms with van der Waals surface area (Å²) in [5.74, 6) is 0. The van der Waals surface area contributed by atoms with Gasteiger partial charge in [0, 0.05) is 36.7 Å². The van der Waals surface area contributed by atoms with E-state index in [1.807, 2.05) is 0 Å². The van der Waals surface area contributed by atoms with Crippen molar-refractivity contribution < 1.29 is 27.8 Å². The lowest BCUT2D eigenvalue weighted by Crippen LogP contribution is -2.53. The fraction of sp³-hybridized carbons (Fsp3) is 0.667. The molecule has 2 unspecified atom stereocenters. The van der Waals surface area contributed by atoms with Gasteiger partial charge in [-0.3, -0.25) is 4.98 Å². The molecule has 0 aromatic carbocycles. The van der Waals surface area contributed by atoms with Crippen LogP contribution in [0.3, 0.4) is 0 Å². The number of amides is 1. The molecular weight excluding hydrogens is 349 g/mol. The molecule has 2 fully saturated rings. The Morgan fingerprint density at radius 3 is 2.23 bits per heavy atom. The number of halogens is 3. The monoisotopic (exact) mass is 372 g/mol. The van der Waals surface area contributed by atoms with E-state index in [0.29, 0.717) is 5.56 Å². The number of fused-ring (bicyclic) bond motifs is 2. The van der Waals surface area contributed by atoms with Crippen molar-refractivity contribution in [2.24, 2.45) is 0 Å². The Balaban J connectivity index is 1.78. The first kappa shape index (κ1) is 18.9. The number of hydrogen-bond donors (Lipinski definition) is 1. The van der Waals surface area contributed by atoms with E-state index < -0.39 is 29.2 Å². The molecule has 2 atom stereocenters. The summed E-state index contributed by atoms with van der Waals surface area (Å²) in [7, 11) is 0. The molecule has 1 amide bonds. The van der Waals surface area contributed by atoms with Gasteiger partial charge in [0.1, 0.15) is 11.3 Å². The zero-order valence-electron chi connectivity index (χ0n) is 15.0. The molecule has 3 heterocycles. The molecule has 0 radical (unpaired) electrons. The lowest BCUT2D eigenvalue weighted by molar-refractivity contribution is -0.141. The van der Waals surface area contributed by atoms with Crippen LogP contribution in [0.5, 0.6) is 0 Å². The SMILES string of the molecule is CC(C)(C)OC(=O)N1C2CCC1CC(O)(c1ccc(C(F)(F)F)nc1)C2. The van der Waals surface area contributed by atoms with Gasteiger partial charge < -0.3 is 14.7 Å². The molecular formula is C18H23F3N2O3. The van der Waals surface area contributed by atoms with Crippen LogP contribution in [0.25, 0.3) is 0 Å². The van der Waals surface area contributed by atoms with E-state index in [1.165, 1.54) is 6.07 Å². The average Bonchev–Trinajstić information content (AvgIpc) is 2.78. The van der Waals surface area contributed by atoms with Gasteiger partial charge >= 0.3 is 12.3 Å². The summed E-state index contributed by atoms with van der Waals surface area (Å²) >= 11 is 0. The number of ether oxygens (including phenoxy) is 1. The topological polar surface area (TPSA) is 62.7 Å². The van der Waals surface area contributed by atoms with E-state index in [2.05, 4.69) is 4.98 Å². The molecule has 0 spiro atoms. The summed E-state index contributed by atoms with van der Waals surface area (Å²) < 4.78 is 43.5. The van der Waals surface area contributed by atoms with Gasteiger partial charge in [-0.05, 0) is 39.7 Å². The number of nitrogens with zero attached hydrogens (tertiary/aromatic N) is 2. The number of alkyl halides is 3. The lowest BCUT2D eigenvalue weighted by atomic mass is 9.81. The van der Waals surface area contributed by atoms with Crippen molar-refractivity contribution in [3.05, 3.63) is 29.6 Å². The van der Waals surface area contributed by atoms with Crippen LogP contribution in [0.2, 0.25) is 0 Å². The van der Waals surface area contributed by atoms with Crippen LogP contribution in [-0.4, -0.2) is 38.8 Å². The molecule has 5 nitrogen and oxygen atoms in total. The molecule has 144 valence electrons. The van der Waals surface area contributed by atoms with Gasteiger partial charge in [0.15, 0.2) is 0 Å². The normalized spacial score (nSPS) is 29.0. The minimum Gasteiger partial charge on any atom is -0.444 e. The quantitative estimate of drug-likeness (QED) is 0.813. The van der Waals surface area contributed by atoms with Crippen molar-refractivity contribution in [2.45, 2.75) is 75.9 Å². The third-order valence-electron chi connectivity index (χ3n) is 4.96. The Hall–Kier alpha value is -1.83. The van der Waals surface area contributed by atoms with Crippen LogP contribution in [0.15, 0.2) is 18.3 Å².